The number of hydrogen-bond acceptors (Lipinski definition) is 3. The Labute approximate surface area is 122 Å². The summed E-state index contributed by atoms with van der Waals surface area (Å²) in [4.78, 5) is 6.31. The number of fused-ring (bicyclic) bond motifs is 1. The third kappa shape index (κ3) is 2.69. The SMILES string of the molecule is CCNC1CCCc2sc(-c3ccc(Cl)cc3)nc21. The van der Waals surface area contributed by atoms with Crippen molar-refractivity contribution in [1.29, 1.82) is 0 Å². The molecule has 1 N–H and O–H groups in total. The van der Waals surface area contributed by atoms with Gasteiger partial charge in [-0.2, -0.15) is 0 Å². The number of halogens is 1. The normalized spacial score (nSPS) is 18.3. The molecular weight excluding hydrogens is 276 g/mol. The van der Waals surface area contributed by atoms with Crippen LogP contribution in [0.15, 0.2) is 24.3 Å². The summed E-state index contributed by atoms with van der Waals surface area (Å²) in [5, 5.41) is 5.43. The van der Waals surface area contributed by atoms with Crippen molar-refractivity contribution >= 4 is 22.9 Å². The van der Waals surface area contributed by atoms with Crippen LogP contribution >= 0.6 is 22.9 Å². The maximum absolute atomic E-state index is 5.94. The van der Waals surface area contributed by atoms with Crippen LogP contribution in [0.2, 0.25) is 5.02 Å². The van der Waals surface area contributed by atoms with E-state index in [0.717, 1.165) is 16.6 Å². The van der Waals surface area contributed by atoms with Gasteiger partial charge in [0.15, 0.2) is 0 Å². The van der Waals surface area contributed by atoms with Gasteiger partial charge in [0.2, 0.25) is 0 Å². The lowest BCUT2D eigenvalue weighted by atomic mass is 9.98. The highest BCUT2D eigenvalue weighted by atomic mass is 35.5. The number of nitrogens with zero attached hydrogens (tertiary/aromatic N) is 1. The number of benzene rings is 1. The van der Waals surface area contributed by atoms with Crippen LogP contribution in [-0.2, 0) is 6.42 Å². The van der Waals surface area contributed by atoms with Crippen molar-refractivity contribution in [3.05, 3.63) is 39.9 Å². The minimum Gasteiger partial charge on any atom is -0.309 e. The molecule has 0 aliphatic heterocycles. The first-order chi connectivity index (χ1) is 9.28. The van der Waals surface area contributed by atoms with Gasteiger partial charge in [-0.3, -0.25) is 0 Å². The Morgan fingerprint density at radius 3 is 2.89 bits per heavy atom. The topological polar surface area (TPSA) is 24.9 Å². The molecule has 1 aromatic heterocycles. The van der Waals surface area contributed by atoms with Gasteiger partial charge < -0.3 is 5.32 Å². The molecule has 0 saturated carbocycles. The molecule has 1 heterocycles. The zero-order chi connectivity index (χ0) is 13.2. The summed E-state index contributed by atoms with van der Waals surface area (Å²) >= 11 is 7.77. The van der Waals surface area contributed by atoms with E-state index < -0.39 is 0 Å². The third-order valence-corrected chi connectivity index (χ3v) is 4.93. The first-order valence-electron chi connectivity index (χ1n) is 6.77. The summed E-state index contributed by atoms with van der Waals surface area (Å²) in [6, 6.07) is 8.40. The second-order valence-electron chi connectivity index (χ2n) is 4.84. The molecule has 4 heteroatoms. The van der Waals surface area contributed by atoms with Crippen LogP contribution in [0.3, 0.4) is 0 Å². The van der Waals surface area contributed by atoms with E-state index in [9.17, 15) is 0 Å². The fourth-order valence-electron chi connectivity index (χ4n) is 2.58. The molecule has 1 aliphatic rings. The highest BCUT2D eigenvalue weighted by molar-refractivity contribution is 7.15. The molecule has 0 fully saturated rings. The minimum atomic E-state index is 0.436. The van der Waals surface area contributed by atoms with Gasteiger partial charge in [0, 0.05) is 15.5 Å². The first kappa shape index (κ1) is 13.1. The van der Waals surface area contributed by atoms with E-state index in [-0.39, 0.29) is 0 Å². The van der Waals surface area contributed by atoms with Gasteiger partial charge >= 0.3 is 0 Å². The smallest absolute Gasteiger partial charge is 0.123 e. The van der Waals surface area contributed by atoms with Crippen LogP contribution in [-0.4, -0.2) is 11.5 Å². The number of nitrogens with one attached hydrogen (secondary N) is 1. The second-order valence-corrected chi connectivity index (χ2v) is 6.36. The lowest BCUT2D eigenvalue weighted by Gasteiger charge is -2.21. The van der Waals surface area contributed by atoms with Gasteiger partial charge in [0.25, 0.3) is 0 Å². The van der Waals surface area contributed by atoms with E-state index in [0.29, 0.717) is 6.04 Å². The van der Waals surface area contributed by atoms with Crippen LogP contribution in [0.25, 0.3) is 10.6 Å². The van der Waals surface area contributed by atoms with E-state index in [2.05, 4.69) is 24.4 Å². The molecule has 1 unspecified atom stereocenters. The summed E-state index contributed by atoms with van der Waals surface area (Å²) in [6.07, 6.45) is 3.63. The number of rotatable bonds is 3. The fraction of sp³-hybridized carbons (Fsp3) is 0.400. The average molecular weight is 293 g/mol. The predicted molar refractivity (Wildman–Crippen MR) is 81.9 cm³/mol. The molecule has 1 aromatic carbocycles. The molecule has 0 saturated heterocycles. The largest absolute Gasteiger partial charge is 0.309 e. The molecule has 100 valence electrons. The van der Waals surface area contributed by atoms with Crippen molar-refractivity contribution in [2.45, 2.75) is 32.2 Å². The standard InChI is InChI=1S/C15H17ClN2S/c1-2-17-12-4-3-5-13-14(12)18-15(19-13)10-6-8-11(16)9-7-10/h6-9,12,17H,2-5H2,1H3. The number of aromatic nitrogens is 1. The number of thiazole rings is 1. The van der Waals surface area contributed by atoms with Crippen molar-refractivity contribution < 1.29 is 0 Å². The van der Waals surface area contributed by atoms with E-state index in [4.69, 9.17) is 16.6 Å². The fourth-order valence-corrected chi connectivity index (χ4v) is 3.88. The molecule has 0 bridgehead atoms. The Balaban J connectivity index is 1.95. The quantitative estimate of drug-likeness (QED) is 0.904. The van der Waals surface area contributed by atoms with Crippen molar-refractivity contribution in [3.8, 4) is 10.6 Å². The van der Waals surface area contributed by atoms with Gasteiger partial charge in [-0.05, 0) is 37.9 Å². The summed E-state index contributed by atoms with van der Waals surface area (Å²) in [5.41, 5.74) is 2.43. The van der Waals surface area contributed by atoms with E-state index >= 15 is 0 Å². The Kier molecular flexibility index (Phi) is 3.87. The lowest BCUT2D eigenvalue weighted by Crippen LogP contribution is -2.24. The zero-order valence-corrected chi connectivity index (χ0v) is 12.5. The first-order valence-corrected chi connectivity index (χ1v) is 7.96. The molecule has 0 amide bonds. The van der Waals surface area contributed by atoms with Gasteiger partial charge in [-0.25, -0.2) is 4.98 Å². The molecular formula is C15H17ClN2S. The van der Waals surface area contributed by atoms with Gasteiger partial charge in [0.1, 0.15) is 5.01 Å². The van der Waals surface area contributed by atoms with Crippen molar-refractivity contribution in [1.82, 2.24) is 10.3 Å². The third-order valence-electron chi connectivity index (χ3n) is 3.50. The highest BCUT2D eigenvalue weighted by Gasteiger charge is 2.24. The van der Waals surface area contributed by atoms with Gasteiger partial charge in [-0.15, -0.1) is 11.3 Å². The average Bonchev–Trinajstić information content (AvgIpc) is 2.85. The second kappa shape index (κ2) is 5.61. The predicted octanol–water partition coefficient (Wildman–Crippen LogP) is 4.45. The Morgan fingerprint density at radius 2 is 2.16 bits per heavy atom. The van der Waals surface area contributed by atoms with E-state index in [1.165, 1.54) is 35.4 Å². The molecule has 2 nitrogen and oxygen atoms in total. The summed E-state index contributed by atoms with van der Waals surface area (Å²) in [7, 11) is 0. The molecule has 3 rings (SSSR count). The molecule has 2 aromatic rings. The monoisotopic (exact) mass is 292 g/mol. The van der Waals surface area contributed by atoms with E-state index in [1.807, 2.05) is 23.5 Å². The zero-order valence-electron chi connectivity index (χ0n) is 10.9. The van der Waals surface area contributed by atoms with Crippen molar-refractivity contribution in [2.24, 2.45) is 0 Å². The lowest BCUT2D eigenvalue weighted by molar-refractivity contribution is 0.465. The van der Waals surface area contributed by atoms with Crippen LogP contribution < -0.4 is 5.32 Å². The van der Waals surface area contributed by atoms with Crippen LogP contribution in [0, 0.1) is 0 Å². The Morgan fingerprint density at radius 1 is 1.37 bits per heavy atom. The van der Waals surface area contributed by atoms with Crippen LogP contribution in [0.5, 0.6) is 0 Å². The molecule has 0 spiro atoms. The van der Waals surface area contributed by atoms with Crippen LogP contribution in [0.4, 0.5) is 0 Å². The van der Waals surface area contributed by atoms with Crippen molar-refractivity contribution in [2.75, 3.05) is 6.54 Å². The van der Waals surface area contributed by atoms with Crippen LogP contribution in [0.1, 0.15) is 36.4 Å². The van der Waals surface area contributed by atoms with Crippen molar-refractivity contribution in [3.63, 3.8) is 0 Å². The maximum atomic E-state index is 5.94. The summed E-state index contributed by atoms with van der Waals surface area (Å²) < 4.78 is 0. The highest BCUT2D eigenvalue weighted by Crippen LogP contribution is 2.37. The Bertz CT molecular complexity index is 562. The minimum absolute atomic E-state index is 0.436. The summed E-state index contributed by atoms with van der Waals surface area (Å²) in [5.74, 6) is 0. The number of hydrogen-bond donors (Lipinski definition) is 1. The molecule has 0 radical (unpaired) electrons. The Hall–Kier alpha value is -0.900. The molecule has 1 atom stereocenters. The van der Waals surface area contributed by atoms with Gasteiger partial charge in [0.05, 0.1) is 11.7 Å². The molecule has 19 heavy (non-hydrogen) atoms. The molecule has 1 aliphatic carbocycles. The van der Waals surface area contributed by atoms with E-state index in [1.54, 1.807) is 0 Å². The van der Waals surface area contributed by atoms with Gasteiger partial charge in [-0.1, -0.05) is 30.7 Å². The summed E-state index contributed by atoms with van der Waals surface area (Å²) in [6.45, 7) is 3.15. The maximum Gasteiger partial charge on any atom is 0.123 e. The number of aryl methyl sites for hydroxylation is 1.